The molecule has 4 rings (SSSR count). The van der Waals surface area contributed by atoms with Gasteiger partial charge in [-0.25, -0.2) is 9.48 Å². The number of carbonyl (C=O) groups is 2. The largest absolute Gasteiger partial charge is 0.478 e. The summed E-state index contributed by atoms with van der Waals surface area (Å²) in [5, 5.41) is 16.5. The van der Waals surface area contributed by atoms with Gasteiger partial charge in [0.15, 0.2) is 5.78 Å². The van der Waals surface area contributed by atoms with Gasteiger partial charge >= 0.3 is 5.97 Å². The number of Topliss-reactive ketones (excluding diaryl/α,β-unsaturated/α-hetero) is 1. The van der Waals surface area contributed by atoms with Crippen LogP contribution in [0.4, 0.5) is 5.95 Å². The van der Waals surface area contributed by atoms with E-state index in [1.165, 1.54) is 6.33 Å². The standard InChI is InChI=1S/C16H14N4O3/c21-12-3-1-2-11-13(12)14(20-16(19-11)17-8-18-20)9-4-6-10(7-5-9)15(22)23/h4-8,14H,1-3H2,(H,22,23)(H,17,18,19)/t14-/m1/s1. The molecule has 2 N–H and O–H groups in total. The van der Waals surface area contributed by atoms with E-state index in [0.717, 1.165) is 24.1 Å². The van der Waals surface area contributed by atoms with Crippen molar-refractivity contribution in [1.82, 2.24) is 14.8 Å². The summed E-state index contributed by atoms with van der Waals surface area (Å²) in [6.45, 7) is 0. The Morgan fingerprint density at radius 2 is 2.04 bits per heavy atom. The van der Waals surface area contributed by atoms with Gasteiger partial charge < -0.3 is 10.4 Å². The van der Waals surface area contributed by atoms with Crippen LogP contribution in [0.15, 0.2) is 41.9 Å². The van der Waals surface area contributed by atoms with Crippen LogP contribution in [0.5, 0.6) is 0 Å². The first-order valence-electron chi connectivity index (χ1n) is 7.41. The number of fused-ring (bicyclic) bond motifs is 1. The molecule has 0 saturated heterocycles. The van der Waals surface area contributed by atoms with Crippen molar-refractivity contribution >= 4 is 17.7 Å². The highest BCUT2D eigenvalue weighted by molar-refractivity contribution is 5.99. The summed E-state index contributed by atoms with van der Waals surface area (Å²) in [7, 11) is 0. The first kappa shape index (κ1) is 13.7. The SMILES string of the molecule is O=C1CCCC2=C1[C@@H](c1ccc(C(=O)O)cc1)n1ncnc1N2. The summed E-state index contributed by atoms with van der Waals surface area (Å²) >= 11 is 0. The molecule has 1 aliphatic heterocycles. The summed E-state index contributed by atoms with van der Waals surface area (Å²) < 4.78 is 1.68. The molecule has 23 heavy (non-hydrogen) atoms. The van der Waals surface area contributed by atoms with E-state index >= 15 is 0 Å². The molecule has 116 valence electrons. The molecule has 7 heteroatoms. The molecule has 1 aliphatic carbocycles. The Labute approximate surface area is 131 Å². The molecule has 2 aliphatic rings. The minimum absolute atomic E-state index is 0.104. The van der Waals surface area contributed by atoms with Gasteiger partial charge in [-0.05, 0) is 30.5 Å². The predicted octanol–water partition coefficient (Wildman–Crippen LogP) is 2.00. The fraction of sp³-hybridized carbons (Fsp3) is 0.250. The van der Waals surface area contributed by atoms with Gasteiger partial charge in [0.2, 0.25) is 5.95 Å². The first-order chi connectivity index (χ1) is 11.1. The maximum absolute atomic E-state index is 12.5. The normalized spacial score (nSPS) is 19.8. The van der Waals surface area contributed by atoms with Crippen molar-refractivity contribution in [2.75, 3.05) is 5.32 Å². The lowest BCUT2D eigenvalue weighted by Gasteiger charge is -2.32. The van der Waals surface area contributed by atoms with E-state index in [1.54, 1.807) is 28.9 Å². The van der Waals surface area contributed by atoms with Crippen molar-refractivity contribution in [2.24, 2.45) is 0 Å². The number of aromatic carboxylic acids is 1. The molecule has 7 nitrogen and oxygen atoms in total. The van der Waals surface area contributed by atoms with Gasteiger partial charge in [-0.1, -0.05) is 12.1 Å². The monoisotopic (exact) mass is 310 g/mol. The zero-order valence-corrected chi connectivity index (χ0v) is 12.2. The van der Waals surface area contributed by atoms with Gasteiger partial charge in [0, 0.05) is 17.7 Å². The Morgan fingerprint density at radius 3 is 2.78 bits per heavy atom. The Hall–Kier alpha value is -2.96. The average Bonchev–Trinajstić information content (AvgIpc) is 3.01. The fourth-order valence-electron chi connectivity index (χ4n) is 3.21. The molecule has 1 aromatic heterocycles. The summed E-state index contributed by atoms with van der Waals surface area (Å²) in [6, 6.07) is 6.20. The van der Waals surface area contributed by atoms with Crippen LogP contribution in [0, 0.1) is 0 Å². The Kier molecular flexibility index (Phi) is 3.00. The van der Waals surface area contributed by atoms with Crippen LogP contribution >= 0.6 is 0 Å². The van der Waals surface area contributed by atoms with Crippen LogP contribution < -0.4 is 5.32 Å². The number of allylic oxidation sites excluding steroid dienone is 2. The van der Waals surface area contributed by atoms with Gasteiger partial charge in [0.05, 0.1) is 5.56 Å². The number of carboxylic acids is 1. The van der Waals surface area contributed by atoms with E-state index in [4.69, 9.17) is 5.11 Å². The number of nitrogens with one attached hydrogen (secondary N) is 1. The fourth-order valence-corrected chi connectivity index (χ4v) is 3.21. The van der Waals surface area contributed by atoms with Crippen LogP contribution in [-0.2, 0) is 4.79 Å². The zero-order chi connectivity index (χ0) is 16.0. The topological polar surface area (TPSA) is 97.1 Å². The summed E-state index contributed by atoms with van der Waals surface area (Å²) in [5.74, 6) is -0.269. The van der Waals surface area contributed by atoms with Gasteiger partial charge in [-0.2, -0.15) is 10.1 Å². The van der Waals surface area contributed by atoms with E-state index in [2.05, 4.69) is 15.4 Å². The number of nitrogens with zero attached hydrogens (tertiary/aromatic N) is 3. The predicted molar refractivity (Wildman–Crippen MR) is 81.1 cm³/mol. The lowest BCUT2D eigenvalue weighted by atomic mass is 9.85. The van der Waals surface area contributed by atoms with Gasteiger partial charge in [0.25, 0.3) is 0 Å². The van der Waals surface area contributed by atoms with Crippen LogP contribution in [0.2, 0.25) is 0 Å². The quantitative estimate of drug-likeness (QED) is 0.880. The molecule has 2 aromatic rings. The second-order valence-electron chi connectivity index (χ2n) is 5.65. The number of ketones is 1. The molecule has 0 saturated carbocycles. The molecule has 0 amide bonds. The third-order valence-corrected chi connectivity index (χ3v) is 4.28. The van der Waals surface area contributed by atoms with Gasteiger partial charge in [-0.15, -0.1) is 0 Å². The van der Waals surface area contributed by atoms with Crippen LogP contribution in [0.1, 0.15) is 41.2 Å². The second-order valence-corrected chi connectivity index (χ2v) is 5.65. The zero-order valence-electron chi connectivity index (χ0n) is 12.2. The number of carbonyl (C=O) groups excluding carboxylic acids is 1. The smallest absolute Gasteiger partial charge is 0.335 e. The molecule has 0 spiro atoms. The molecule has 0 radical (unpaired) electrons. The number of anilines is 1. The molecule has 2 heterocycles. The average molecular weight is 310 g/mol. The molecule has 1 atom stereocenters. The first-order valence-corrected chi connectivity index (χ1v) is 7.41. The van der Waals surface area contributed by atoms with Gasteiger partial charge in [-0.3, -0.25) is 4.79 Å². The highest BCUT2D eigenvalue weighted by atomic mass is 16.4. The lowest BCUT2D eigenvalue weighted by Crippen LogP contribution is -2.31. The third-order valence-electron chi connectivity index (χ3n) is 4.28. The Bertz CT molecular complexity index is 835. The van der Waals surface area contributed by atoms with Crippen molar-refractivity contribution in [3.8, 4) is 0 Å². The summed E-state index contributed by atoms with van der Waals surface area (Å²) in [5.41, 5.74) is 2.64. The number of hydrogen-bond donors (Lipinski definition) is 2. The summed E-state index contributed by atoms with van der Waals surface area (Å²) in [4.78, 5) is 27.7. The van der Waals surface area contributed by atoms with Crippen LogP contribution in [0.25, 0.3) is 0 Å². The van der Waals surface area contributed by atoms with Crippen molar-refractivity contribution < 1.29 is 14.7 Å². The molecular formula is C16H14N4O3. The molecule has 0 bridgehead atoms. The maximum Gasteiger partial charge on any atom is 0.335 e. The van der Waals surface area contributed by atoms with Crippen molar-refractivity contribution in [3.05, 3.63) is 53.0 Å². The van der Waals surface area contributed by atoms with Crippen LogP contribution in [-0.4, -0.2) is 31.6 Å². The van der Waals surface area contributed by atoms with E-state index in [1.807, 2.05) is 0 Å². The van der Waals surface area contributed by atoms with Crippen molar-refractivity contribution in [3.63, 3.8) is 0 Å². The van der Waals surface area contributed by atoms with E-state index in [-0.39, 0.29) is 17.4 Å². The molecule has 0 unspecified atom stereocenters. The van der Waals surface area contributed by atoms with Crippen LogP contribution in [0.3, 0.4) is 0 Å². The molecule has 0 fully saturated rings. The molecular weight excluding hydrogens is 296 g/mol. The van der Waals surface area contributed by atoms with Gasteiger partial charge in [0.1, 0.15) is 12.4 Å². The Morgan fingerprint density at radius 1 is 1.26 bits per heavy atom. The number of benzene rings is 1. The minimum atomic E-state index is -0.975. The van der Waals surface area contributed by atoms with E-state index < -0.39 is 5.97 Å². The van der Waals surface area contributed by atoms with E-state index in [0.29, 0.717) is 17.9 Å². The second kappa shape index (κ2) is 5.05. The lowest BCUT2D eigenvalue weighted by molar-refractivity contribution is -0.116. The molecule has 1 aromatic carbocycles. The number of hydrogen-bond acceptors (Lipinski definition) is 5. The van der Waals surface area contributed by atoms with Crippen molar-refractivity contribution in [1.29, 1.82) is 0 Å². The summed E-state index contributed by atoms with van der Waals surface area (Å²) in [6.07, 6.45) is 3.60. The highest BCUT2D eigenvalue weighted by Gasteiger charge is 2.35. The number of rotatable bonds is 2. The maximum atomic E-state index is 12.5. The highest BCUT2D eigenvalue weighted by Crippen LogP contribution is 2.39. The third kappa shape index (κ3) is 2.12. The number of aromatic nitrogens is 3. The van der Waals surface area contributed by atoms with E-state index in [9.17, 15) is 9.59 Å². The minimum Gasteiger partial charge on any atom is -0.478 e. The number of carboxylic acid groups (broad SMARTS) is 1. The Balaban J connectivity index is 1.85. The van der Waals surface area contributed by atoms with Crippen molar-refractivity contribution in [2.45, 2.75) is 25.3 Å².